The van der Waals surface area contributed by atoms with Gasteiger partial charge in [-0.1, -0.05) is 30.0 Å². The van der Waals surface area contributed by atoms with E-state index in [1.165, 1.54) is 16.0 Å². The lowest BCUT2D eigenvalue weighted by Gasteiger charge is -2.36. The van der Waals surface area contributed by atoms with Crippen molar-refractivity contribution < 1.29 is 4.79 Å². The lowest BCUT2D eigenvalue weighted by molar-refractivity contribution is -0.118. The van der Waals surface area contributed by atoms with E-state index < -0.39 is 0 Å². The first-order chi connectivity index (χ1) is 8.05. The molecule has 2 nitrogen and oxygen atoms in total. The van der Waals surface area contributed by atoms with E-state index in [1.807, 2.05) is 6.07 Å². The Hall–Kier alpha value is -1.22. The van der Waals surface area contributed by atoms with Crippen LogP contribution in [0, 0.1) is 0 Å². The maximum atomic E-state index is 12.1. The molecule has 1 aromatic rings. The van der Waals surface area contributed by atoms with Crippen LogP contribution in [0.25, 0.3) is 0 Å². The molecule has 0 aromatic heterocycles. The number of nitrogens with one attached hydrogen (secondary N) is 1. The van der Waals surface area contributed by atoms with Gasteiger partial charge in [-0.3, -0.25) is 4.79 Å². The summed E-state index contributed by atoms with van der Waals surface area (Å²) < 4.78 is 0. The molecular formula is C14H15NOS. The van der Waals surface area contributed by atoms with Crippen molar-refractivity contribution in [3.8, 4) is 0 Å². The second-order valence-corrected chi connectivity index (χ2v) is 6.39. The number of amides is 1. The molecular weight excluding hydrogens is 230 g/mol. The Morgan fingerprint density at radius 2 is 2.06 bits per heavy atom. The van der Waals surface area contributed by atoms with Gasteiger partial charge in [-0.2, -0.15) is 0 Å². The van der Waals surface area contributed by atoms with Crippen molar-refractivity contribution in [3.63, 3.8) is 0 Å². The lowest BCUT2D eigenvalue weighted by Crippen LogP contribution is -2.48. The van der Waals surface area contributed by atoms with Crippen molar-refractivity contribution in [3.05, 3.63) is 40.3 Å². The molecule has 1 amide bonds. The smallest absolute Gasteiger partial charge is 0.258 e. The van der Waals surface area contributed by atoms with Gasteiger partial charge in [0.1, 0.15) is 0 Å². The van der Waals surface area contributed by atoms with Gasteiger partial charge in [0.15, 0.2) is 0 Å². The molecule has 0 fully saturated rings. The van der Waals surface area contributed by atoms with Crippen molar-refractivity contribution in [1.82, 2.24) is 5.32 Å². The molecule has 3 rings (SSSR count). The van der Waals surface area contributed by atoms with Crippen LogP contribution in [0.4, 0.5) is 0 Å². The van der Waals surface area contributed by atoms with Gasteiger partial charge in [0.25, 0.3) is 5.91 Å². The second-order valence-electron chi connectivity index (χ2n) is 5.33. The van der Waals surface area contributed by atoms with Gasteiger partial charge in [-0.25, -0.2) is 0 Å². The van der Waals surface area contributed by atoms with Gasteiger partial charge >= 0.3 is 0 Å². The Kier molecular flexibility index (Phi) is 2.33. The number of benzene rings is 1. The third-order valence-electron chi connectivity index (χ3n) is 3.22. The molecule has 0 saturated heterocycles. The molecule has 1 N–H and O–H groups in total. The first-order valence-corrected chi connectivity index (χ1v) is 6.67. The van der Waals surface area contributed by atoms with Crippen LogP contribution in [0.1, 0.15) is 25.8 Å². The predicted octanol–water partition coefficient (Wildman–Crippen LogP) is 2.89. The highest BCUT2D eigenvalue weighted by Crippen LogP contribution is 2.42. The summed E-state index contributed by atoms with van der Waals surface area (Å²) >= 11 is 1.62. The predicted molar refractivity (Wildman–Crippen MR) is 69.9 cm³/mol. The van der Waals surface area contributed by atoms with Crippen LogP contribution < -0.4 is 5.32 Å². The van der Waals surface area contributed by atoms with Crippen LogP contribution in [-0.2, 0) is 11.2 Å². The van der Waals surface area contributed by atoms with Crippen LogP contribution in [0.3, 0.4) is 0 Å². The zero-order chi connectivity index (χ0) is 12.0. The zero-order valence-electron chi connectivity index (χ0n) is 10.0. The summed E-state index contributed by atoms with van der Waals surface area (Å²) in [6.07, 6.45) is 1.88. The standard InChI is InChI=1S/C14H15NOS/c1-14(2)8-10-7-9-5-3-4-6-11(9)17-12(10)13(16)15-14/h3-6H,7-8H2,1-2H3,(H,15,16). The van der Waals surface area contributed by atoms with E-state index in [9.17, 15) is 4.79 Å². The minimum Gasteiger partial charge on any atom is -0.346 e. The summed E-state index contributed by atoms with van der Waals surface area (Å²) in [4.78, 5) is 14.2. The molecule has 2 aliphatic rings. The van der Waals surface area contributed by atoms with Gasteiger partial charge in [-0.05, 0) is 43.9 Å². The Bertz CT molecular complexity index is 531. The monoisotopic (exact) mass is 245 g/mol. The van der Waals surface area contributed by atoms with Crippen LogP contribution in [0.5, 0.6) is 0 Å². The lowest BCUT2D eigenvalue weighted by atomic mass is 9.87. The summed E-state index contributed by atoms with van der Waals surface area (Å²) in [5.74, 6) is 0.0933. The van der Waals surface area contributed by atoms with Gasteiger partial charge in [0.05, 0.1) is 4.91 Å². The summed E-state index contributed by atoms with van der Waals surface area (Å²) in [6, 6.07) is 8.35. The summed E-state index contributed by atoms with van der Waals surface area (Å²) in [5, 5.41) is 3.07. The quantitative estimate of drug-likeness (QED) is 0.761. The Morgan fingerprint density at radius 1 is 1.29 bits per heavy atom. The number of rotatable bonds is 0. The van der Waals surface area contributed by atoms with Crippen molar-refractivity contribution in [2.24, 2.45) is 0 Å². The SMILES string of the molecule is CC1(C)CC2=C(Sc3ccccc3C2)C(=O)N1. The number of carbonyl (C=O) groups is 1. The van der Waals surface area contributed by atoms with Crippen LogP contribution in [0.2, 0.25) is 0 Å². The topological polar surface area (TPSA) is 29.1 Å². The van der Waals surface area contributed by atoms with Gasteiger partial charge in [0.2, 0.25) is 0 Å². The maximum Gasteiger partial charge on any atom is 0.258 e. The number of hydrogen-bond donors (Lipinski definition) is 1. The molecule has 2 heterocycles. The zero-order valence-corrected chi connectivity index (χ0v) is 10.9. The van der Waals surface area contributed by atoms with E-state index >= 15 is 0 Å². The number of hydrogen-bond acceptors (Lipinski definition) is 2. The first kappa shape index (κ1) is 10.9. The summed E-state index contributed by atoms with van der Waals surface area (Å²) in [7, 11) is 0. The highest BCUT2D eigenvalue weighted by molar-refractivity contribution is 8.04. The largest absolute Gasteiger partial charge is 0.346 e. The fourth-order valence-corrected chi connectivity index (χ4v) is 3.60. The number of fused-ring (bicyclic) bond motifs is 1. The van der Waals surface area contributed by atoms with Crippen LogP contribution in [0.15, 0.2) is 39.6 Å². The van der Waals surface area contributed by atoms with E-state index in [1.54, 1.807) is 11.8 Å². The molecule has 0 saturated carbocycles. The fourth-order valence-electron chi connectivity index (χ4n) is 2.53. The molecule has 0 bridgehead atoms. The van der Waals surface area contributed by atoms with E-state index in [4.69, 9.17) is 0 Å². The Morgan fingerprint density at radius 3 is 2.88 bits per heavy atom. The summed E-state index contributed by atoms with van der Waals surface area (Å²) in [5.41, 5.74) is 2.53. The van der Waals surface area contributed by atoms with E-state index in [2.05, 4.69) is 37.4 Å². The van der Waals surface area contributed by atoms with Crippen molar-refractivity contribution in [1.29, 1.82) is 0 Å². The highest BCUT2D eigenvalue weighted by Gasteiger charge is 2.34. The summed E-state index contributed by atoms with van der Waals surface area (Å²) in [6.45, 7) is 4.17. The minimum atomic E-state index is -0.108. The molecule has 0 atom stereocenters. The molecule has 1 aromatic carbocycles. The van der Waals surface area contributed by atoms with E-state index in [0.29, 0.717) is 0 Å². The molecule has 17 heavy (non-hydrogen) atoms. The molecule has 88 valence electrons. The van der Waals surface area contributed by atoms with Crippen LogP contribution >= 0.6 is 11.8 Å². The number of thioether (sulfide) groups is 1. The molecule has 2 aliphatic heterocycles. The Balaban J connectivity index is 2.02. The van der Waals surface area contributed by atoms with E-state index in [0.717, 1.165) is 17.7 Å². The normalized spacial score (nSPS) is 21.6. The third-order valence-corrected chi connectivity index (χ3v) is 4.52. The molecule has 0 spiro atoms. The minimum absolute atomic E-state index is 0.0933. The molecule has 3 heteroatoms. The second kappa shape index (κ2) is 3.64. The maximum absolute atomic E-state index is 12.1. The van der Waals surface area contributed by atoms with Crippen LogP contribution in [-0.4, -0.2) is 11.4 Å². The first-order valence-electron chi connectivity index (χ1n) is 5.85. The molecule has 0 radical (unpaired) electrons. The average molecular weight is 245 g/mol. The van der Waals surface area contributed by atoms with Gasteiger partial charge < -0.3 is 5.32 Å². The Labute approximate surface area is 105 Å². The van der Waals surface area contributed by atoms with Gasteiger partial charge in [0, 0.05) is 10.4 Å². The van der Waals surface area contributed by atoms with Crippen molar-refractivity contribution in [2.45, 2.75) is 37.1 Å². The number of carbonyl (C=O) groups excluding carboxylic acids is 1. The van der Waals surface area contributed by atoms with Crippen molar-refractivity contribution >= 4 is 17.7 Å². The van der Waals surface area contributed by atoms with E-state index in [-0.39, 0.29) is 11.4 Å². The molecule has 0 unspecified atom stereocenters. The molecule has 0 aliphatic carbocycles. The van der Waals surface area contributed by atoms with Crippen molar-refractivity contribution in [2.75, 3.05) is 0 Å². The van der Waals surface area contributed by atoms with Gasteiger partial charge in [-0.15, -0.1) is 0 Å². The average Bonchev–Trinajstić information content (AvgIpc) is 2.25. The fraction of sp³-hybridized carbons (Fsp3) is 0.357. The highest BCUT2D eigenvalue weighted by atomic mass is 32.2. The third kappa shape index (κ3) is 1.89.